The zero-order valence-electron chi connectivity index (χ0n) is 12.8. The number of carbonyl (C=O) groups excluding carboxylic acids is 2. The summed E-state index contributed by atoms with van der Waals surface area (Å²) >= 11 is 1.51. The van der Waals surface area contributed by atoms with E-state index in [1.165, 1.54) is 11.3 Å². The fourth-order valence-corrected chi connectivity index (χ4v) is 3.00. The molecule has 2 aromatic rings. The molecule has 0 bridgehead atoms. The molecular weight excluding hydrogens is 316 g/mol. The number of nitrogens with zero attached hydrogens (tertiary/aromatic N) is 3. The summed E-state index contributed by atoms with van der Waals surface area (Å²) in [5.41, 5.74) is 0.180. The number of rotatable bonds is 4. The van der Waals surface area contributed by atoms with E-state index in [9.17, 15) is 9.59 Å². The van der Waals surface area contributed by atoms with Crippen LogP contribution in [-0.2, 0) is 4.79 Å². The topological polar surface area (TPSA) is 78.7 Å². The van der Waals surface area contributed by atoms with Crippen molar-refractivity contribution in [2.24, 2.45) is 0 Å². The van der Waals surface area contributed by atoms with E-state index >= 15 is 0 Å². The molecule has 2 aromatic heterocycles. The van der Waals surface area contributed by atoms with Crippen LogP contribution in [0.3, 0.4) is 0 Å². The van der Waals surface area contributed by atoms with Crippen molar-refractivity contribution >= 4 is 23.2 Å². The van der Waals surface area contributed by atoms with E-state index in [-0.39, 0.29) is 18.1 Å². The van der Waals surface area contributed by atoms with Crippen molar-refractivity contribution in [3.63, 3.8) is 0 Å². The van der Waals surface area contributed by atoms with Crippen molar-refractivity contribution in [2.45, 2.75) is 0 Å². The fourth-order valence-electron chi connectivity index (χ4n) is 2.33. The van der Waals surface area contributed by atoms with E-state index in [0.717, 1.165) is 18.0 Å². The number of amides is 2. The summed E-state index contributed by atoms with van der Waals surface area (Å²) < 4.78 is 5.16. The Kier molecular flexibility index (Phi) is 4.73. The first-order chi connectivity index (χ1) is 11.1. The first-order valence-corrected chi connectivity index (χ1v) is 8.26. The number of hydrogen-bond donors (Lipinski definition) is 1. The van der Waals surface area contributed by atoms with Gasteiger partial charge < -0.3 is 19.6 Å². The third-order valence-corrected chi connectivity index (χ3v) is 4.65. The Labute approximate surface area is 137 Å². The predicted molar refractivity (Wildman–Crippen MR) is 86.2 cm³/mol. The average Bonchev–Trinajstić information content (AvgIpc) is 3.23. The van der Waals surface area contributed by atoms with Crippen LogP contribution in [0.2, 0.25) is 0 Å². The molecule has 7 nitrogen and oxygen atoms in total. The van der Waals surface area contributed by atoms with Gasteiger partial charge in [-0.15, -0.1) is 11.3 Å². The Hall–Kier alpha value is -2.19. The third-order valence-electron chi connectivity index (χ3n) is 3.76. The highest BCUT2D eigenvalue weighted by molar-refractivity contribution is 7.13. The van der Waals surface area contributed by atoms with Gasteiger partial charge in [-0.1, -0.05) is 11.2 Å². The van der Waals surface area contributed by atoms with Gasteiger partial charge in [-0.25, -0.2) is 0 Å². The summed E-state index contributed by atoms with van der Waals surface area (Å²) in [4.78, 5) is 29.0. The smallest absolute Gasteiger partial charge is 0.273 e. The monoisotopic (exact) mass is 334 g/mol. The molecule has 1 aliphatic rings. The highest BCUT2D eigenvalue weighted by Crippen LogP contribution is 2.24. The number of nitrogens with one attached hydrogen (secondary N) is 1. The van der Waals surface area contributed by atoms with Gasteiger partial charge in [0.05, 0.1) is 11.4 Å². The van der Waals surface area contributed by atoms with Crippen LogP contribution in [0.15, 0.2) is 28.1 Å². The summed E-state index contributed by atoms with van der Waals surface area (Å²) in [6.07, 6.45) is 0. The van der Waals surface area contributed by atoms with E-state index in [4.69, 9.17) is 4.52 Å². The van der Waals surface area contributed by atoms with Gasteiger partial charge in [-0.05, 0) is 18.5 Å². The maximum absolute atomic E-state index is 12.1. The predicted octanol–water partition coefficient (Wildman–Crippen LogP) is 0.907. The SMILES string of the molecule is CN1CCN(C(=O)CNC(=O)c2cc(-c3cccs3)on2)CC1. The highest BCUT2D eigenvalue weighted by Gasteiger charge is 2.20. The zero-order valence-corrected chi connectivity index (χ0v) is 13.6. The lowest BCUT2D eigenvalue weighted by Gasteiger charge is -2.32. The molecule has 0 saturated carbocycles. The molecule has 1 saturated heterocycles. The number of carbonyl (C=O) groups is 2. The summed E-state index contributed by atoms with van der Waals surface area (Å²) in [5.74, 6) is 0.0722. The molecule has 0 unspecified atom stereocenters. The maximum atomic E-state index is 12.1. The van der Waals surface area contributed by atoms with Gasteiger partial charge in [-0.3, -0.25) is 9.59 Å². The van der Waals surface area contributed by atoms with Crippen molar-refractivity contribution in [2.75, 3.05) is 39.8 Å². The summed E-state index contributed by atoms with van der Waals surface area (Å²) in [5, 5.41) is 8.29. The highest BCUT2D eigenvalue weighted by atomic mass is 32.1. The molecule has 3 heterocycles. The zero-order chi connectivity index (χ0) is 16.2. The molecular formula is C15H18N4O3S. The number of hydrogen-bond acceptors (Lipinski definition) is 6. The summed E-state index contributed by atoms with van der Waals surface area (Å²) in [6, 6.07) is 5.38. The van der Waals surface area contributed by atoms with Gasteiger partial charge >= 0.3 is 0 Å². The first kappa shape index (κ1) is 15.7. The van der Waals surface area contributed by atoms with Crippen LogP contribution in [-0.4, -0.2) is 66.5 Å². The van der Waals surface area contributed by atoms with E-state index in [1.807, 2.05) is 24.6 Å². The Morgan fingerprint density at radius 3 is 2.83 bits per heavy atom. The van der Waals surface area contributed by atoms with Crippen LogP contribution in [0, 0.1) is 0 Å². The quantitative estimate of drug-likeness (QED) is 0.899. The molecule has 0 atom stereocenters. The molecule has 1 fully saturated rings. The molecule has 1 aliphatic heterocycles. The molecule has 0 radical (unpaired) electrons. The van der Waals surface area contributed by atoms with Gasteiger partial charge in [0.15, 0.2) is 11.5 Å². The Morgan fingerprint density at radius 2 is 2.13 bits per heavy atom. The normalized spacial score (nSPS) is 15.6. The molecule has 23 heavy (non-hydrogen) atoms. The van der Waals surface area contributed by atoms with E-state index in [1.54, 1.807) is 11.0 Å². The Balaban J connectivity index is 1.52. The maximum Gasteiger partial charge on any atom is 0.273 e. The second kappa shape index (κ2) is 6.93. The van der Waals surface area contributed by atoms with Crippen LogP contribution in [0.4, 0.5) is 0 Å². The van der Waals surface area contributed by atoms with Crippen LogP contribution < -0.4 is 5.32 Å². The minimum absolute atomic E-state index is 0.0241. The van der Waals surface area contributed by atoms with Gasteiger partial charge in [-0.2, -0.15) is 0 Å². The number of aromatic nitrogens is 1. The van der Waals surface area contributed by atoms with Crippen molar-refractivity contribution in [1.29, 1.82) is 0 Å². The number of piperazine rings is 1. The molecule has 1 N–H and O–H groups in total. The van der Waals surface area contributed by atoms with Gasteiger partial charge in [0.25, 0.3) is 5.91 Å². The third kappa shape index (κ3) is 3.77. The molecule has 0 aromatic carbocycles. The lowest BCUT2D eigenvalue weighted by molar-refractivity contribution is -0.131. The van der Waals surface area contributed by atoms with E-state index in [2.05, 4.69) is 15.4 Å². The number of likely N-dealkylation sites (N-methyl/N-ethyl adjacent to an activating group) is 1. The minimum atomic E-state index is -0.404. The second-order valence-electron chi connectivity index (χ2n) is 5.42. The molecule has 2 amide bonds. The lowest BCUT2D eigenvalue weighted by atomic mass is 10.3. The average molecular weight is 334 g/mol. The minimum Gasteiger partial charge on any atom is -0.355 e. The van der Waals surface area contributed by atoms with Crippen LogP contribution in [0.5, 0.6) is 0 Å². The van der Waals surface area contributed by atoms with Crippen molar-refractivity contribution in [1.82, 2.24) is 20.3 Å². The van der Waals surface area contributed by atoms with Crippen LogP contribution >= 0.6 is 11.3 Å². The van der Waals surface area contributed by atoms with E-state index < -0.39 is 5.91 Å². The summed E-state index contributed by atoms with van der Waals surface area (Å²) in [7, 11) is 2.03. The standard InChI is InChI=1S/C15H18N4O3S/c1-18-4-6-19(7-5-18)14(20)10-16-15(21)11-9-12(22-17-11)13-3-2-8-23-13/h2-3,8-9H,4-7,10H2,1H3,(H,16,21). The largest absolute Gasteiger partial charge is 0.355 e. The molecule has 3 rings (SSSR count). The molecule has 0 aliphatic carbocycles. The summed E-state index contributed by atoms with van der Waals surface area (Å²) in [6.45, 7) is 3.07. The molecule has 122 valence electrons. The first-order valence-electron chi connectivity index (χ1n) is 7.38. The van der Waals surface area contributed by atoms with Crippen molar-refractivity contribution in [3.05, 3.63) is 29.3 Å². The van der Waals surface area contributed by atoms with Gasteiger partial charge in [0.2, 0.25) is 5.91 Å². The lowest BCUT2D eigenvalue weighted by Crippen LogP contribution is -2.50. The fraction of sp³-hybridized carbons (Fsp3) is 0.400. The van der Waals surface area contributed by atoms with Crippen molar-refractivity contribution in [3.8, 4) is 10.6 Å². The Morgan fingerprint density at radius 1 is 1.35 bits per heavy atom. The molecule has 0 spiro atoms. The van der Waals surface area contributed by atoms with Crippen LogP contribution in [0.1, 0.15) is 10.5 Å². The van der Waals surface area contributed by atoms with Gasteiger partial charge in [0, 0.05) is 32.2 Å². The van der Waals surface area contributed by atoms with E-state index in [0.29, 0.717) is 18.8 Å². The van der Waals surface area contributed by atoms with Crippen LogP contribution in [0.25, 0.3) is 10.6 Å². The van der Waals surface area contributed by atoms with Crippen molar-refractivity contribution < 1.29 is 14.1 Å². The second-order valence-corrected chi connectivity index (χ2v) is 6.37. The molecule has 8 heteroatoms. The Bertz CT molecular complexity index is 675. The van der Waals surface area contributed by atoms with Gasteiger partial charge in [0.1, 0.15) is 0 Å². The number of thiophene rings is 1.